The second-order valence-corrected chi connectivity index (χ2v) is 4.69. The van der Waals surface area contributed by atoms with Gasteiger partial charge in [-0.2, -0.15) is 0 Å². The summed E-state index contributed by atoms with van der Waals surface area (Å²) in [5.41, 5.74) is 1.77. The number of rotatable bonds is 4. The summed E-state index contributed by atoms with van der Waals surface area (Å²) in [5.74, 6) is 0.519. The van der Waals surface area contributed by atoms with Crippen LogP contribution in [0.15, 0.2) is 30.6 Å². The van der Waals surface area contributed by atoms with Crippen LogP contribution in [0.4, 0.5) is 0 Å². The molecule has 1 heterocycles. The predicted molar refractivity (Wildman–Crippen MR) is 75.9 cm³/mol. The van der Waals surface area contributed by atoms with E-state index in [2.05, 4.69) is 15.3 Å². The summed E-state index contributed by atoms with van der Waals surface area (Å²) in [6.07, 6.45) is 1.47. The number of ether oxygens (including phenoxy) is 1. The van der Waals surface area contributed by atoms with Crippen LogP contribution in [0.2, 0.25) is 10.0 Å². The fourth-order valence-corrected chi connectivity index (χ4v) is 2.11. The van der Waals surface area contributed by atoms with Crippen molar-refractivity contribution >= 4 is 23.2 Å². The highest BCUT2D eigenvalue weighted by Gasteiger charge is 2.15. The average Bonchev–Trinajstić information content (AvgIpc) is 2.44. The summed E-state index contributed by atoms with van der Waals surface area (Å²) in [4.78, 5) is 8.25. The highest BCUT2D eigenvalue weighted by atomic mass is 35.5. The molecule has 0 bridgehead atoms. The normalized spacial score (nSPS) is 12.2. The van der Waals surface area contributed by atoms with Crippen LogP contribution in [0.25, 0.3) is 0 Å². The van der Waals surface area contributed by atoms with Crippen molar-refractivity contribution in [3.63, 3.8) is 0 Å². The molecule has 0 saturated carbocycles. The molecule has 1 aromatic carbocycles. The number of hydrogen-bond donors (Lipinski definition) is 1. The third kappa shape index (κ3) is 3.15. The van der Waals surface area contributed by atoms with Crippen molar-refractivity contribution in [2.24, 2.45) is 0 Å². The molecule has 19 heavy (non-hydrogen) atoms. The van der Waals surface area contributed by atoms with Gasteiger partial charge in [-0.25, -0.2) is 9.97 Å². The van der Waals surface area contributed by atoms with Crippen LogP contribution in [-0.4, -0.2) is 24.1 Å². The Morgan fingerprint density at radius 2 is 1.95 bits per heavy atom. The highest BCUT2D eigenvalue weighted by Crippen LogP contribution is 2.28. The molecular weight excluding hydrogens is 285 g/mol. The summed E-state index contributed by atoms with van der Waals surface area (Å²) >= 11 is 12.0. The number of hydrogen-bond acceptors (Lipinski definition) is 4. The van der Waals surface area contributed by atoms with E-state index in [0.717, 1.165) is 11.3 Å². The molecule has 100 valence electrons. The Kier molecular flexibility index (Phi) is 4.58. The zero-order chi connectivity index (χ0) is 13.8. The van der Waals surface area contributed by atoms with Gasteiger partial charge in [0.1, 0.15) is 6.33 Å². The molecule has 1 N–H and O–H groups in total. The molecule has 2 aromatic rings. The maximum Gasteiger partial charge on any atom is 0.216 e. The molecule has 1 unspecified atom stereocenters. The lowest BCUT2D eigenvalue weighted by Gasteiger charge is -2.17. The average molecular weight is 298 g/mol. The molecule has 0 spiro atoms. The minimum Gasteiger partial charge on any atom is -0.481 e. The molecule has 0 aliphatic heterocycles. The van der Waals surface area contributed by atoms with Crippen molar-refractivity contribution in [1.82, 2.24) is 15.3 Å². The van der Waals surface area contributed by atoms with E-state index in [-0.39, 0.29) is 6.04 Å². The van der Waals surface area contributed by atoms with Gasteiger partial charge in [-0.15, -0.1) is 0 Å². The molecule has 6 heteroatoms. The van der Waals surface area contributed by atoms with Crippen LogP contribution in [0, 0.1) is 0 Å². The van der Waals surface area contributed by atoms with E-state index < -0.39 is 0 Å². The molecular formula is C13H13Cl2N3O. The molecule has 1 aromatic heterocycles. The van der Waals surface area contributed by atoms with Crippen LogP contribution in [0.1, 0.15) is 17.3 Å². The maximum absolute atomic E-state index is 6.04. The Bertz CT molecular complexity index is 578. The Morgan fingerprint density at radius 1 is 1.16 bits per heavy atom. The van der Waals surface area contributed by atoms with E-state index in [1.54, 1.807) is 19.2 Å². The maximum atomic E-state index is 6.04. The van der Waals surface area contributed by atoms with E-state index in [4.69, 9.17) is 27.9 Å². The molecule has 0 fully saturated rings. The minimum atomic E-state index is -0.105. The number of halogens is 2. The van der Waals surface area contributed by atoms with Gasteiger partial charge in [0.15, 0.2) is 0 Å². The number of aromatic nitrogens is 2. The first kappa shape index (κ1) is 14.1. The predicted octanol–water partition coefficient (Wildman–Crippen LogP) is 3.10. The molecule has 2 rings (SSSR count). The van der Waals surface area contributed by atoms with Gasteiger partial charge < -0.3 is 10.1 Å². The van der Waals surface area contributed by atoms with Crippen LogP contribution in [0.3, 0.4) is 0 Å². The Morgan fingerprint density at radius 3 is 2.58 bits per heavy atom. The van der Waals surface area contributed by atoms with Gasteiger partial charge in [0, 0.05) is 6.07 Å². The number of benzene rings is 1. The summed E-state index contributed by atoms with van der Waals surface area (Å²) < 4.78 is 5.10. The van der Waals surface area contributed by atoms with Gasteiger partial charge >= 0.3 is 0 Å². The summed E-state index contributed by atoms with van der Waals surface area (Å²) in [6.45, 7) is 0. The fourth-order valence-electron chi connectivity index (χ4n) is 1.80. The van der Waals surface area contributed by atoms with Crippen molar-refractivity contribution in [2.75, 3.05) is 14.2 Å². The lowest BCUT2D eigenvalue weighted by molar-refractivity contribution is 0.395. The molecule has 0 aliphatic carbocycles. The Labute approximate surface area is 121 Å². The van der Waals surface area contributed by atoms with Gasteiger partial charge in [-0.3, -0.25) is 0 Å². The quantitative estimate of drug-likeness (QED) is 0.942. The molecule has 0 radical (unpaired) electrons. The monoisotopic (exact) mass is 297 g/mol. The summed E-state index contributed by atoms with van der Waals surface area (Å²) in [7, 11) is 3.42. The molecule has 0 amide bonds. The SMILES string of the molecule is CNC(c1ccc(Cl)c(Cl)c1)c1cc(OC)ncn1. The van der Waals surface area contributed by atoms with E-state index in [0.29, 0.717) is 15.9 Å². The van der Waals surface area contributed by atoms with E-state index in [1.165, 1.54) is 6.33 Å². The van der Waals surface area contributed by atoms with Gasteiger partial charge in [-0.05, 0) is 24.7 Å². The van der Waals surface area contributed by atoms with Gasteiger partial charge in [-0.1, -0.05) is 29.3 Å². The molecule has 4 nitrogen and oxygen atoms in total. The molecule has 0 aliphatic rings. The van der Waals surface area contributed by atoms with E-state index in [1.807, 2.05) is 19.2 Å². The van der Waals surface area contributed by atoms with Crippen molar-refractivity contribution in [1.29, 1.82) is 0 Å². The van der Waals surface area contributed by atoms with Crippen LogP contribution in [-0.2, 0) is 0 Å². The standard InChI is InChI=1S/C13H13Cl2N3O/c1-16-13(8-3-4-9(14)10(15)5-8)11-6-12(19-2)18-7-17-11/h3-7,13,16H,1-2H3. The zero-order valence-electron chi connectivity index (χ0n) is 10.5. The first-order valence-corrected chi connectivity index (χ1v) is 6.39. The zero-order valence-corrected chi connectivity index (χ0v) is 12.0. The van der Waals surface area contributed by atoms with Gasteiger partial charge in [0.25, 0.3) is 0 Å². The molecule has 1 atom stereocenters. The summed E-state index contributed by atoms with van der Waals surface area (Å²) in [5, 5.41) is 4.23. The Hall–Kier alpha value is -1.36. The lowest BCUT2D eigenvalue weighted by atomic mass is 10.0. The second kappa shape index (κ2) is 6.19. The van der Waals surface area contributed by atoms with E-state index in [9.17, 15) is 0 Å². The first-order chi connectivity index (χ1) is 9.15. The summed E-state index contributed by atoms with van der Waals surface area (Å²) in [6, 6.07) is 7.17. The lowest BCUT2D eigenvalue weighted by Crippen LogP contribution is -2.19. The van der Waals surface area contributed by atoms with Crippen molar-refractivity contribution < 1.29 is 4.74 Å². The van der Waals surface area contributed by atoms with Crippen LogP contribution >= 0.6 is 23.2 Å². The smallest absolute Gasteiger partial charge is 0.216 e. The fraction of sp³-hybridized carbons (Fsp3) is 0.231. The third-order valence-electron chi connectivity index (χ3n) is 2.73. The minimum absolute atomic E-state index is 0.105. The van der Waals surface area contributed by atoms with Gasteiger partial charge in [0.2, 0.25) is 5.88 Å². The topological polar surface area (TPSA) is 47.0 Å². The number of methoxy groups -OCH3 is 1. The van der Waals surface area contributed by atoms with E-state index >= 15 is 0 Å². The highest BCUT2D eigenvalue weighted by molar-refractivity contribution is 6.42. The van der Waals surface area contributed by atoms with Crippen LogP contribution in [0.5, 0.6) is 5.88 Å². The third-order valence-corrected chi connectivity index (χ3v) is 3.47. The largest absolute Gasteiger partial charge is 0.481 e. The van der Waals surface area contributed by atoms with Crippen molar-refractivity contribution in [3.8, 4) is 5.88 Å². The van der Waals surface area contributed by atoms with Crippen molar-refractivity contribution in [3.05, 3.63) is 51.9 Å². The van der Waals surface area contributed by atoms with Crippen LogP contribution < -0.4 is 10.1 Å². The number of nitrogens with one attached hydrogen (secondary N) is 1. The Balaban J connectivity index is 2.40. The number of nitrogens with zero attached hydrogens (tertiary/aromatic N) is 2. The second-order valence-electron chi connectivity index (χ2n) is 3.88. The first-order valence-electron chi connectivity index (χ1n) is 5.64. The molecule has 0 saturated heterocycles. The van der Waals surface area contributed by atoms with Crippen molar-refractivity contribution in [2.45, 2.75) is 6.04 Å². The van der Waals surface area contributed by atoms with Gasteiger partial charge in [0.05, 0.1) is 28.9 Å².